The van der Waals surface area contributed by atoms with Crippen LogP contribution in [-0.2, 0) is 0 Å². The minimum absolute atomic E-state index is 0.0927. The average molecular weight is 407 g/mol. The highest BCUT2D eigenvalue weighted by atomic mass is 35.5. The van der Waals surface area contributed by atoms with Crippen molar-refractivity contribution in [2.75, 3.05) is 11.9 Å². The topological polar surface area (TPSA) is 66.9 Å². The van der Waals surface area contributed by atoms with Gasteiger partial charge in [-0.2, -0.15) is 0 Å². The minimum Gasteiger partial charge on any atom is -0.370 e. The van der Waals surface area contributed by atoms with Gasteiger partial charge in [-0.3, -0.25) is 9.78 Å². The predicted molar refractivity (Wildman–Crippen MR) is 110 cm³/mol. The van der Waals surface area contributed by atoms with Gasteiger partial charge < -0.3 is 10.6 Å². The Morgan fingerprint density at radius 2 is 1.85 bits per heavy atom. The monoisotopic (exact) mass is 406 g/mol. The molecule has 0 aliphatic heterocycles. The number of nitrogens with zero attached hydrogens (tertiary/aromatic N) is 2. The van der Waals surface area contributed by atoms with Crippen molar-refractivity contribution >= 4 is 34.9 Å². The third-order valence-corrected chi connectivity index (χ3v) is 5.70. The van der Waals surface area contributed by atoms with E-state index in [9.17, 15) is 4.79 Å². The van der Waals surface area contributed by atoms with Gasteiger partial charge in [-0.25, -0.2) is 4.98 Å². The number of amides is 1. The molecule has 27 heavy (non-hydrogen) atoms. The molecule has 2 heterocycles. The number of hydrogen-bond donors (Lipinski definition) is 2. The van der Waals surface area contributed by atoms with Crippen LogP contribution in [-0.4, -0.2) is 28.5 Å². The molecule has 0 unspecified atom stereocenters. The lowest BCUT2D eigenvalue weighted by atomic mass is 9.86. The Bertz CT molecular complexity index is 820. The van der Waals surface area contributed by atoms with E-state index in [1.54, 1.807) is 18.5 Å². The molecule has 1 aliphatic rings. The number of nitrogens with one attached hydrogen (secondary N) is 2. The molecular weight excluding hydrogens is 383 g/mol. The quantitative estimate of drug-likeness (QED) is 0.747. The van der Waals surface area contributed by atoms with Crippen LogP contribution in [0.5, 0.6) is 0 Å². The van der Waals surface area contributed by atoms with E-state index in [-0.39, 0.29) is 11.9 Å². The van der Waals surface area contributed by atoms with Gasteiger partial charge in [-0.05, 0) is 63.1 Å². The summed E-state index contributed by atoms with van der Waals surface area (Å²) in [4.78, 5) is 21.0. The third-order valence-electron chi connectivity index (χ3n) is 5.10. The molecular formula is C20H24Cl2N4O. The van der Waals surface area contributed by atoms with Crippen LogP contribution in [0.4, 0.5) is 5.82 Å². The Labute approximate surface area is 169 Å². The van der Waals surface area contributed by atoms with E-state index < -0.39 is 0 Å². The van der Waals surface area contributed by atoms with Crippen molar-refractivity contribution in [3.8, 4) is 0 Å². The Morgan fingerprint density at radius 3 is 2.56 bits per heavy atom. The van der Waals surface area contributed by atoms with Crippen molar-refractivity contribution < 1.29 is 4.79 Å². The predicted octanol–water partition coefficient (Wildman–Crippen LogP) is 4.80. The van der Waals surface area contributed by atoms with E-state index in [1.807, 2.05) is 19.9 Å². The Balaban J connectivity index is 1.46. The Kier molecular flexibility index (Phi) is 6.55. The summed E-state index contributed by atoms with van der Waals surface area (Å²) in [5.74, 6) is 1.34. The highest BCUT2D eigenvalue weighted by Crippen LogP contribution is 2.25. The Hall–Kier alpha value is -1.85. The number of aromatic nitrogens is 2. The van der Waals surface area contributed by atoms with Crippen molar-refractivity contribution in [3.63, 3.8) is 0 Å². The molecule has 2 aromatic heterocycles. The zero-order valence-corrected chi connectivity index (χ0v) is 17.1. The Morgan fingerprint density at radius 1 is 1.11 bits per heavy atom. The summed E-state index contributed by atoms with van der Waals surface area (Å²) < 4.78 is 0. The number of halogens is 2. The van der Waals surface area contributed by atoms with Crippen molar-refractivity contribution in [2.24, 2.45) is 5.92 Å². The molecule has 0 aromatic carbocycles. The van der Waals surface area contributed by atoms with Crippen LogP contribution in [0.15, 0.2) is 24.5 Å². The van der Waals surface area contributed by atoms with Gasteiger partial charge in [-0.15, -0.1) is 0 Å². The summed E-state index contributed by atoms with van der Waals surface area (Å²) >= 11 is 12.0. The van der Waals surface area contributed by atoms with Gasteiger partial charge in [0.1, 0.15) is 5.82 Å². The molecule has 0 spiro atoms. The van der Waals surface area contributed by atoms with Crippen LogP contribution in [0.2, 0.25) is 10.0 Å². The maximum Gasteiger partial charge on any atom is 0.253 e. The van der Waals surface area contributed by atoms with Crippen LogP contribution in [0, 0.1) is 19.8 Å². The second-order valence-electron chi connectivity index (χ2n) is 7.18. The van der Waals surface area contributed by atoms with E-state index >= 15 is 0 Å². The molecule has 144 valence electrons. The van der Waals surface area contributed by atoms with Gasteiger partial charge in [0.15, 0.2) is 0 Å². The number of rotatable bonds is 5. The molecule has 3 rings (SSSR count). The molecule has 0 bridgehead atoms. The zero-order chi connectivity index (χ0) is 19.4. The molecule has 2 aromatic rings. The van der Waals surface area contributed by atoms with E-state index in [2.05, 4.69) is 20.6 Å². The summed E-state index contributed by atoms with van der Waals surface area (Å²) in [7, 11) is 0. The molecule has 1 saturated carbocycles. The lowest BCUT2D eigenvalue weighted by Gasteiger charge is -2.29. The first-order chi connectivity index (χ1) is 12.9. The fraction of sp³-hybridized carbons (Fsp3) is 0.450. The van der Waals surface area contributed by atoms with E-state index in [4.69, 9.17) is 23.2 Å². The normalized spacial score (nSPS) is 19.6. The number of hydrogen-bond acceptors (Lipinski definition) is 4. The number of aryl methyl sites for hydroxylation is 2. The van der Waals surface area contributed by atoms with Crippen LogP contribution in [0.3, 0.4) is 0 Å². The first-order valence-electron chi connectivity index (χ1n) is 9.21. The third kappa shape index (κ3) is 5.33. The molecule has 0 atom stereocenters. The van der Waals surface area contributed by atoms with Gasteiger partial charge >= 0.3 is 0 Å². The molecule has 7 heteroatoms. The van der Waals surface area contributed by atoms with Crippen molar-refractivity contribution in [2.45, 2.75) is 45.6 Å². The fourth-order valence-electron chi connectivity index (χ4n) is 3.40. The summed E-state index contributed by atoms with van der Waals surface area (Å²) in [6.07, 6.45) is 7.31. The summed E-state index contributed by atoms with van der Waals surface area (Å²) in [5, 5.41) is 7.68. The zero-order valence-electron chi connectivity index (χ0n) is 15.6. The van der Waals surface area contributed by atoms with Gasteiger partial charge in [0.2, 0.25) is 0 Å². The lowest BCUT2D eigenvalue weighted by molar-refractivity contribution is 0.0921. The van der Waals surface area contributed by atoms with Gasteiger partial charge in [0.25, 0.3) is 5.91 Å². The van der Waals surface area contributed by atoms with E-state index in [1.165, 1.54) is 0 Å². The molecule has 0 saturated heterocycles. The SMILES string of the molecule is Cc1cc(NC[C@H]2CC[C@H](NC(=O)c3cc(Cl)cnc3C)CC2)ncc1Cl. The summed E-state index contributed by atoms with van der Waals surface area (Å²) in [5.41, 5.74) is 2.27. The van der Waals surface area contributed by atoms with E-state index in [0.29, 0.717) is 27.2 Å². The van der Waals surface area contributed by atoms with Crippen molar-refractivity contribution in [1.29, 1.82) is 0 Å². The number of carbonyl (C=O) groups excluding carboxylic acids is 1. The van der Waals surface area contributed by atoms with Crippen LogP contribution >= 0.6 is 23.2 Å². The van der Waals surface area contributed by atoms with Crippen LogP contribution in [0.25, 0.3) is 0 Å². The highest BCUT2D eigenvalue weighted by molar-refractivity contribution is 6.31. The number of carbonyl (C=O) groups is 1. The smallest absolute Gasteiger partial charge is 0.253 e. The number of pyridine rings is 2. The standard InChI is InChI=1S/C20H24Cl2N4O/c1-12-7-19(25-11-18(12)22)24-9-14-3-5-16(6-4-14)26-20(27)17-8-15(21)10-23-13(17)2/h7-8,10-11,14,16H,3-6,9H2,1-2H3,(H,24,25)(H,26,27)/t14-,16-. The summed E-state index contributed by atoms with van der Waals surface area (Å²) in [6, 6.07) is 3.84. The van der Waals surface area contributed by atoms with Gasteiger partial charge in [-0.1, -0.05) is 23.2 Å². The molecule has 1 aliphatic carbocycles. The van der Waals surface area contributed by atoms with Crippen molar-refractivity contribution in [3.05, 3.63) is 51.4 Å². The summed E-state index contributed by atoms with van der Waals surface area (Å²) in [6.45, 7) is 4.67. The van der Waals surface area contributed by atoms with Crippen LogP contribution in [0.1, 0.15) is 47.3 Å². The fourth-order valence-corrected chi connectivity index (χ4v) is 3.66. The van der Waals surface area contributed by atoms with Crippen LogP contribution < -0.4 is 10.6 Å². The lowest BCUT2D eigenvalue weighted by Crippen LogP contribution is -2.38. The molecule has 2 N–H and O–H groups in total. The molecule has 0 radical (unpaired) electrons. The second-order valence-corrected chi connectivity index (χ2v) is 8.02. The van der Waals surface area contributed by atoms with Gasteiger partial charge in [0.05, 0.1) is 21.3 Å². The molecule has 1 amide bonds. The maximum absolute atomic E-state index is 12.5. The molecule has 5 nitrogen and oxygen atoms in total. The largest absolute Gasteiger partial charge is 0.370 e. The van der Waals surface area contributed by atoms with Gasteiger partial charge in [0, 0.05) is 25.0 Å². The minimum atomic E-state index is -0.0927. The first kappa shape index (κ1) is 19.9. The van der Waals surface area contributed by atoms with Crippen molar-refractivity contribution in [1.82, 2.24) is 15.3 Å². The second kappa shape index (κ2) is 8.89. The van der Waals surface area contributed by atoms with E-state index in [0.717, 1.165) is 43.6 Å². The highest BCUT2D eigenvalue weighted by Gasteiger charge is 2.23. The maximum atomic E-state index is 12.5. The number of anilines is 1. The first-order valence-corrected chi connectivity index (χ1v) is 9.97. The average Bonchev–Trinajstić information content (AvgIpc) is 2.65. The molecule has 1 fully saturated rings.